The van der Waals surface area contributed by atoms with Crippen LogP contribution in [-0.4, -0.2) is 9.19 Å². The Hall–Kier alpha value is -1.62. The third kappa shape index (κ3) is 1.20. The van der Waals surface area contributed by atoms with Gasteiger partial charge in [0.25, 0.3) is 5.56 Å². The van der Waals surface area contributed by atoms with Crippen LogP contribution in [0.3, 0.4) is 0 Å². The number of benzene rings is 1. The molecule has 0 saturated carbocycles. The van der Waals surface area contributed by atoms with Gasteiger partial charge in [0.2, 0.25) is 11.1 Å². The number of aromatic nitrogens is 1. The molecule has 0 aliphatic carbocycles. The minimum absolute atomic E-state index is 0.176. The summed E-state index contributed by atoms with van der Waals surface area (Å²) in [5.41, 5.74) is 0.974. The van der Waals surface area contributed by atoms with Crippen LogP contribution >= 0.6 is 0 Å². The molecule has 1 aromatic heterocycles. The Labute approximate surface area is 87.6 Å². The number of pyridine rings is 1. The highest BCUT2D eigenvalue weighted by Gasteiger charge is 2.24. The quantitative estimate of drug-likeness (QED) is 0.724. The van der Waals surface area contributed by atoms with Crippen LogP contribution in [0.15, 0.2) is 29.1 Å². The normalized spacial score (nSPS) is 18.8. The topological polar surface area (TPSA) is 59.2 Å². The van der Waals surface area contributed by atoms with Gasteiger partial charge in [-0.15, -0.1) is 0 Å². The van der Waals surface area contributed by atoms with E-state index >= 15 is 0 Å². The molecule has 0 saturated heterocycles. The first-order valence-electron chi connectivity index (χ1n) is 4.46. The van der Waals surface area contributed by atoms with E-state index in [1.165, 1.54) is 0 Å². The van der Waals surface area contributed by atoms with Crippen molar-refractivity contribution in [1.82, 2.24) is 4.98 Å². The van der Waals surface area contributed by atoms with Gasteiger partial charge in [0, 0.05) is 5.39 Å². The van der Waals surface area contributed by atoms with Crippen molar-refractivity contribution in [2.24, 2.45) is 0 Å². The van der Waals surface area contributed by atoms with E-state index in [0.29, 0.717) is 16.8 Å². The van der Waals surface area contributed by atoms with Gasteiger partial charge in [-0.05, 0) is 12.1 Å². The summed E-state index contributed by atoms with van der Waals surface area (Å²) in [5.74, 6) is 0.642. The SMILES string of the molecule is O=c1[nH]c2ccccc2c2c1CS(=O)O2. The Kier molecular flexibility index (Phi) is 1.70. The first kappa shape index (κ1) is 8.67. The lowest BCUT2D eigenvalue weighted by Crippen LogP contribution is -2.10. The van der Waals surface area contributed by atoms with E-state index in [4.69, 9.17) is 4.18 Å². The van der Waals surface area contributed by atoms with Crippen molar-refractivity contribution in [2.45, 2.75) is 5.75 Å². The summed E-state index contributed by atoms with van der Waals surface area (Å²) in [6.07, 6.45) is 0. The summed E-state index contributed by atoms with van der Waals surface area (Å²) in [6.45, 7) is 0. The van der Waals surface area contributed by atoms with Gasteiger partial charge in [0.05, 0.1) is 16.8 Å². The predicted octanol–water partition coefficient (Wildman–Crippen LogP) is 1.08. The lowest BCUT2D eigenvalue weighted by Gasteiger charge is -2.01. The van der Waals surface area contributed by atoms with Crippen molar-refractivity contribution in [3.8, 4) is 5.75 Å². The fourth-order valence-electron chi connectivity index (χ4n) is 1.72. The number of hydrogen-bond donors (Lipinski definition) is 1. The van der Waals surface area contributed by atoms with Crippen molar-refractivity contribution in [1.29, 1.82) is 0 Å². The summed E-state index contributed by atoms with van der Waals surface area (Å²) in [4.78, 5) is 14.3. The Morgan fingerprint density at radius 3 is 3.00 bits per heavy atom. The molecule has 1 aliphatic heterocycles. The third-order valence-electron chi connectivity index (χ3n) is 2.41. The highest BCUT2D eigenvalue weighted by Crippen LogP contribution is 2.31. The van der Waals surface area contributed by atoms with Crippen molar-refractivity contribution in [3.63, 3.8) is 0 Å². The molecule has 0 amide bonds. The molecular formula is C10H7NO3S. The highest BCUT2D eigenvalue weighted by atomic mass is 32.2. The average Bonchev–Trinajstić information content (AvgIpc) is 2.61. The molecule has 0 radical (unpaired) electrons. The second-order valence-electron chi connectivity index (χ2n) is 3.34. The second-order valence-corrected chi connectivity index (χ2v) is 4.40. The van der Waals surface area contributed by atoms with Crippen LogP contribution in [0.1, 0.15) is 5.56 Å². The largest absolute Gasteiger partial charge is 0.399 e. The Balaban J connectivity index is 2.48. The molecule has 76 valence electrons. The molecule has 1 unspecified atom stereocenters. The Morgan fingerprint density at radius 2 is 2.13 bits per heavy atom. The number of rotatable bonds is 0. The van der Waals surface area contributed by atoms with Gasteiger partial charge in [-0.1, -0.05) is 12.1 Å². The van der Waals surface area contributed by atoms with E-state index in [0.717, 1.165) is 5.39 Å². The Morgan fingerprint density at radius 1 is 1.33 bits per heavy atom. The van der Waals surface area contributed by atoms with Gasteiger partial charge in [-0.2, -0.15) is 0 Å². The molecule has 15 heavy (non-hydrogen) atoms. The number of para-hydroxylation sites is 1. The molecule has 1 aliphatic rings. The van der Waals surface area contributed by atoms with E-state index in [2.05, 4.69) is 4.98 Å². The molecule has 2 heterocycles. The zero-order valence-corrected chi connectivity index (χ0v) is 8.47. The number of aromatic amines is 1. The fraction of sp³-hybridized carbons (Fsp3) is 0.100. The van der Waals surface area contributed by atoms with E-state index in [9.17, 15) is 9.00 Å². The minimum Gasteiger partial charge on any atom is -0.399 e. The predicted molar refractivity (Wildman–Crippen MR) is 57.0 cm³/mol. The van der Waals surface area contributed by atoms with E-state index < -0.39 is 11.1 Å². The average molecular weight is 221 g/mol. The summed E-state index contributed by atoms with van der Waals surface area (Å²) >= 11 is -1.41. The lowest BCUT2D eigenvalue weighted by molar-refractivity contribution is 0.580. The van der Waals surface area contributed by atoms with E-state index in [-0.39, 0.29) is 11.3 Å². The monoisotopic (exact) mass is 221 g/mol. The molecule has 2 aromatic rings. The number of fused-ring (bicyclic) bond motifs is 3. The zero-order valence-electron chi connectivity index (χ0n) is 7.65. The molecule has 1 atom stereocenters. The maximum absolute atomic E-state index is 11.6. The molecular weight excluding hydrogens is 214 g/mol. The summed E-state index contributed by atoms with van der Waals surface area (Å²) in [6, 6.07) is 7.32. The standard InChI is InChI=1S/C10H7NO3S/c12-10-7-5-15(13)14-9(7)6-3-1-2-4-8(6)11-10/h1-4H,5H2,(H,11,12). The van der Waals surface area contributed by atoms with Crippen LogP contribution in [0.5, 0.6) is 5.75 Å². The van der Waals surface area contributed by atoms with Crippen molar-refractivity contribution in [3.05, 3.63) is 40.2 Å². The van der Waals surface area contributed by atoms with Crippen LogP contribution in [0.25, 0.3) is 10.9 Å². The number of hydrogen-bond acceptors (Lipinski definition) is 3. The minimum atomic E-state index is -1.41. The lowest BCUT2D eigenvalue weighted by atomic mass is 10.1. The molecule has 0 fully saturated rings. The van der Waals surface area contributed by atoms with Crippen molar-refractivity contribution >= 4 is 22.0 Å². The number of H-pyrrole nitrogens is 1. The van der Waals surface area contributed by atoms with Gasteiger partial charge >= 0.3 is 0 Å². The van der Waals surface area contributed by atoms with Crippen LogP contribution in [0.4, 0.5) is 0 Å². The molecule has 3 rings (SSSR count). The molecule has 1 N–H and O–H groups in total. The first-order chi connectivity index (χ1) is 7.25. The number of nitrogens with one attached hydrogen (secondary N) is 1. The van der Waals surface area contributed by atoms with E-state index in [1.54, 1.807) is 6.07 Å². The van der Waals surface area contributed by atoms with Gasteiger partial charge in [-0.25, -0.2) is 4.21 Å². The first-order valence-corrected chi connectivity index (χ1v) is 5.71. The van der Waals surface area contributed by atoms with Gasteiger partial charge in [0.15, 0.2) is 5.75 Å². The molecule has 1 aromatic carbocycles. The maximum Gasteiger partial charge on any atom is 0.256 e. The van der Waals surface area contributed by atoms with Crippen LogP contribution < -0.4 is 9.74 Å². The van der Waals surface area contributed by atoms with E-state index in [1.807, 2.05) is 18.2 Å². The summed E-state index contributed by atoms with van der Waals surface area (Å²) < 4.78 is 16.4. The van der Waals surface area contributed by atoms with Crippen LogP contribution in [-0.2, 0) is 16.8 Å². The van der Waals surface area contributed by atoms with Gasteiger partial charge < -0.3 is 9.17 Å². The molecule has 5 heteroatoms. The van der Waals surface area contributed by atoms with Gasteiger partial charge in [-0.3, -0.25) is 4.79 Å². The summed E-state index contributed by atoms with van der Waals surface area (Å²) in [5, 5.41) is 0.804. The van der Waals surface area contributed by atoms with Crippen LogP contribution in [0.2, 0.25) is 0 Å². The molecule has 0 bridgehead atoms. The maximum atomic E-state index is 11.6. The van der Waals surface area contributed by atoms with Gasteiger partial charge in [0.1, 0.15) is 0 Å². The zero-order chi connectivity index (χ0) is 10.4. The highest BCUT2D eigenvalue weighted by molar-refractivity contribution is 7.80. The van der Waals surface area contributed by atoms with Crippen molar-refractivity contribution < 1.29 is 8.39 Å². The Bertz CT molecular complexity index is 632. The van der Waals surface area contributed by atoms with Crippen molar-refractivity contribution in [2.75, 3.05) is 0 Å². The summed E-state index contributed by atoms with van der Waals surface area (Å²) in [7, 11) is 0. The third-order valence-corrected chi connectivity index (χ3v) is 3.28. The fourth-order valence-corrected chi connectivity index (χ4v) is 2.65. The smallest absolute Gasteiger partial charge is 0.256 e. The molecule has 0 spiro atoms. The molecule has 4 nitrogen and oxygen atoms in total. The van der Waals surface area contributed by atoms with Crippen LogP contribution in [0, 0.1) is 0 Å². The second kappa shape index (κ2) is 2.93.